The molecule has 1 fully saturated rings. The largest absolute Gasteiger partial charge is 0.366 e. The van der Waals surface area contributed by atoms with Crippen molar-refractivity contribution >= 4 is 0 Å². The third-order valence-corrected chi connectivity index (χ3v) is 2.16. The molecule has 11 heavy (non-hydrogen) atoms. The molecule has 0 radical (unpaired) electrons. The third kappa shape index (κ3) is 2.80. The summed E-state index contributed by atoms with van der Waals surface area (Å²) in [6, 6.07) is 0. The van der Waals surface area contributed by atoms with E-state index >= 15 is 0 Å². The summed E-state index contributed by atoms with van der Waals surface area (Å²) in [7, 11) is 0. The zero-order valence-corrected chi connectivity index (χ0v) is 7.89. The average Bonchev–Trinajstić information content (AvgIpc) is 2.10. The average molecular weight is 157 g/mol. The highest BCUT2D eigenvalue weighted by Gasteiger charge is 2.21. The van der Waals surface area contributed by atoms with Crippen LogP contribution >= 0.6 is 0 Å². The van der Waals surface area contributed by atoms with E-state index in [1.54, 1.807) is 0 Å². The summed E-state index contributed by atoms with van der Waals surface area (Å²) in [6.45, 7) is 9.64. The molecule has 0 N–H and O–H groups in total. The van der Waals surface area contributed by atoms with Crippen LogP contribution in [0.2, 0.25) is 0 Å². The van der Waals surface area contributed by atoms with Gasteiger partial charge < -0.3 is 4.74 Å². The molecule has 2 nitrogen and oxygen atoms in total. The zero-order chi connectivity index (χ0) is 8.32. The van der Waals surface area contributed by atoms with Crippen molar-refractivity contribution in [2.24, 2.45) is 0 Å². The summed E-state index contributed by atoms with van der Waals surface area (Å²) in [4.78, 5) is 2.39. The van der Waals surface area contributed by atoms with Crippen LogP contribution in [0.5, 0.6) is 0 Å². The van der Waals surface area contributed by atoms with E-state index in [1.165, 1.54) is 19.4 Å². The first-order valence-electron chi connectivity index (χ1n) is 4.43. The van der Waals surface area contributed by atoms with Gasteiger partial charge in [-0.1, -0.05) is 0 Å². The molecule has 0 aromatic carbocycles. The minimum Gasteiger partial charge on any atom is -0.366 e. The van der Waals surface area contributed by atoms with E-state index < -0.39 is 0 Å². The van der Waals surface area contributed by atoms with Gasteiger partial charge in [-0.3, -0.25) is 4.90 Å². The second kappa shape index (κ2) is 3.55. The predicted octanol–water partition coefficient (Wildman–Crippen LogP) is 1.85. The van der Waals surface area contributed by atoms with Gasteiger partial charge in [0.2, 0.25) is 0 Å². The molecule has 1 saturated heterocycles. The monoisotopic (exact) mass is 157 g/mol. The van der Waals surface area contributed by atoms with Crippen molar-refractivity contribution in [3.8, 4) is 0 Å². The van der Waals surface area contributed by atoms with E-state index in [0.29, 0.717) is 0 Å². The first-order chi connectivity index (χ1) is 5.11. The first kappa shape index (κ1) is 9.01. The second-order valence-corrected chi connectivity index (χ2v) is 4.18. The van der Waals surface area contributed by atoms with Gasteiger partial charge in [-0.05, 0) is 33.6 Å². The van der Waals surface area contributed by atoms with E-state index in [4.69, 9.17) is 4.74 Å². The van der Waals surface area contributed by atoms with E-state index in [2.05, 4.69) is 25.7 Å². The Morgan fingerprint density at radius 1 is 1.18 bits per heavy atom. The van der Waals surface area contributed by atoms with Crippen LogP contribution in [0.4, 0.5) is 0 Å². The Labute approximate surface area is 69.5 Å². The highest BCUT2D eigenvalue weighted by atomic mass is 16.5. The van der Waals surface area contributed by atoms with E-state index in [0.717, 1.165) is 13.3 Å². The van der Waals surface area contributed by atoms with Crippen molar-refractivity contribution in [2.45, 2.75) is 39.2 Å². The molecule has 0 amide bonds. The number of rotatable bonds is 0. The third-order valence-electron chi connectivity index (χ3n) is 2.16. The molecular formula is C9H19NO. The van der Waals surface area contributed by atoms with Crippen molar-refractivity contribution in [1.29, 1.82) is 0 Å². The Hall–Kier alpha value is -0.0800. The normalized spacial score (nSPS) is 23.2. The predicted molar refractivity (Wildman–Crippen MR) is 46.5 cm³/mol. The molecule has 0 saturated carbocycles. The molecule has 1 heterocycles. The maximum Gasteiger partial charge on any atom is 0.0994 e. The van der Waals surface area contributed by atoms with Gasteiger partial charge in [0.25, 0.3) is 0 Å². The first-order valence-corrected chi connectivity index (χ1v) is 4.43. The van der Waals surface area contributed by atoms with Crippen LogP contribution < -0.4 is 0 Å². The SMILES string of the molecule is CC(C)(C)N1CCCCOC1. The van der Waals surface area contributed by atoms with E-state index in [1.807, 2.05) is 0 Å². The fraction of sp³-hybridized carbons (Fsp3) is 1.00. The standard InChI is InChI=1S/C9H19NO/c1-9(2,3)10-6-4-5-7-11-8-10/h4-8H2,1-3H3. The molecule has 0 aliphatic carbocycles. The van der Waals surface area contributed by atoms with Crippen LogP contribution in [0.1, 0.15) is 33.6 Å². The van der Waals surface area contributed by atoms with Crippen LogP contribution in [0.25, 0.3) is 0 Å². The molecule has 0 unspecified atom stereocenters. The fourth-order valence-corrected chi connectivity index (χ4v) is 1.28. The molecule has 1 rings (SSSR count). The lowest BCUT2D eigenvalue weighted by Gasteiger charge is -2.33. The highest BCUT2D eigenvalue weighted by Crippen LogP contribution is 2.15. The van der Waals surface area contributed by atoms with Crippen molar-refractivity contribution in [3.63, 3.8) is 0 Å². The maximum absolute atomic E-state index is 5.46. The Bertz CT molecular complexity index is 109. The highest BCUT2D eigenvalue weighted by molar-refractivity contribution is 4.74. The van der Waals surface area contributed by atoms with Gasteiger partial charge in [0, 0.05) is 18.7 Å². The summed E-state index contributed by atoms with van der Waals surface area (Å²) in [5.74, 6) is 0. The molecule has 66 valence electrons. The Balaban J connectivity index is 2.43. The zero-order valence-electron chi connectivity index (χ0n) is 7.89. The Morgan fingerprint density at radius 2 is 1.91 bits per heavy atom. The summed E-state index contributed by atoms with van der Waals surface area (Å²) >= 11 is 0. The lowest BCUT2D eigenvalue weighted by molar-refractivity contribution is 0.00117. The van der Waals surface area contributed by atoms with Crippen LogP contribution in [-0.2, 0) is 4.74 Å². The minimum atomic E-state index is 0.268. The van der Waals surface area contributed by atoms with Crippen LogP contribution in [-0.4, -0.2) is 30.3 Å². The van der Waals surface area contributed by atoms with Gasteiger partial charge in [-0.25, -0.2) is 0 Å². The van der Waals surface area contributed by atoms with Crippen molar-refractivity contribution < 1.29 is 4.74 Å². The molecule has 1 aliphatic rings. The lowest BCUT2D eigenvalue weighted by atomic mass is 10.1. The van der Waals surface area contributed by atoms with Gasteiger partial charge in [0.05, 0.1) is 6.73 Å². The summed E-state index contributed by atoms with van der Waals surface area (Å²) in [6.07, 6.45) is 2.49. The molecule has 0 spiro atoms. The van der Waals surface area contributed by atoms with Crippen molar-refractivity contribution in [1.82, 2.24) is 4.90 Å². The number of ether oxygens (including phenoxy) is 1. The van der Waals surface area contributed by atoms with Gasteiger partial charge in [0.1, 0.15) is 0 Å². The summed E-state index contributed by atoms with van der Waals surface area (Å²) in [5.41, 5.74) is 0.268. The van der Waals surface area contributed by atoms with Crippen LogP contribution in [0, 0.1) is 0 Å². The quantitative estimate of drug-likeness (QED) is 0.532. The molecule has 0 bridgehead atoms. The van der Waals surface area contributed by atoms with Crippen LogP contribution in [0.3, 0.4) is 0 Å². The number of hydrogen-bond acceptors (Lipinski definition) is 2. The van der Waals surface area contributed by atoms with E-state index in [9.17, 15) is 0 Å². The van der Waals surface area contributed by atoms with Crippen molar-refractivity contribution in [2.75, 3.05) is 19.9 Å². The number of nitrogens with zero attached hydrogens (tertiary/aromatic N) is 1. The van der Waals surface area contributed by atoms with Gasteiger partial charge >= 0.3 is 0 Å². The molecule has 0 aromatic heterocycles. The van der Waals surface area contributed by atoms with Gasteiger partial charge in [0.15, 0.2) is 0 Å². The van der Waals surface area contributed by atoms with Gasteiger partial charge in [-0.2, -0.15) is 0 Å². The molecule has 1 aliphatic heterocycles. The smallest absolute Gasteiger partial charge is 0.0994 e. The minimum absolute atomic E-state index is 0.268. The van der Waals surface area contributed by atoms with E-state index in [-0.39, 0.29) is 5.54 Å². The summed E-state index contributed by atoms with van der Waals surface area (Å²) in [5, 5.41) is 0. The maximum atomic E-state index is 5.46. The van der Waals surface area contributed by atoms with Gasteiger partial charge in [-0.15, -0.1) is 0 Å². The Morgan fingerprint density at radius 3 is 2.55 bits per heavy atom. The topological polar surface area (TPSA) is 12.5 Å². The van der Waals surface area contributed by atoms with Crippen LogP contribution in [0.15, 0.2) is 0 Å². The molecule has 0 atom stereocenters. The Kier molecular flexibility index (Phi) is 2.90. The molecule has 2 heteroatoms. The molecule has 0 aromatic rings. The lowest BCUT2D eigenvalue weighted by Crippen LogP contribution is -2.42. The van der Waals surface area contributed by atoms with Crippen molar-refractivity contribution in [3.05, 3.63) is 0 Å². The molecular weight excluding hydrogens is 138 g/mol. The summed E-state index contributed by atoms with van der Waals surface area (Å²) < 4.78 is 5.46. The second-order valence-electron chi connectivity index (χ2n) is 4.18. The number of hydrogen-bond donors (Lipinski definition) is 0. The fourth-order valence-electron chi connectivity index (χ4n) is 1.28.